The highest BCUT2D eigenvalue weighted by molar-refractivity contribution is 5.90. The van der Waals surface area contributed by atoms with Crippen molar-refractivity contribution in [2.24, 2.45) is 0 Å². The van der Waals surface area contributed by atoms with Crippen molar-refractivity contribution in [2.75, 3.05) is 5.32 Å². The van der Waals surface area contributed by atoms with E-state index in [1.165, 1.54) is 30.3 Å². The maximum atomic E-state index is 4.05. The van der Waals surface area contributed by atoms with Gasteiger partial charge in [-0.1, -0.05) is 6.07 Å². The monoisotopic (exact) mass is 187 g/mol. The normalized spacial score (nSPS) is 16.9. The molecule has 2 N–H and O–H groups in total. The summed E-state index contributed by atoms with van der Waals surface area (Å²) in [6.45, 7) is 0. The fourth-order valence-electron chi connectivity index (χ4n) is 1.87. The van der Waals surface area contributed by atoms with Gasteiger partial charge >= 0.3 is 0 Å². The van der Waals surface area contributed by atoms with Gasteiger partial charge in [0.25, 0.3) is 0 Å². The third-order valence-corrected chi connectivity index (χ3v) is 2.95. The third kappa shape index (κ3) is 1.16. The van der Waals surface area contributed by atoms with E-state index in [4.69, 9.17) is 0 Å². The van der Waals surface area contributed by atoms with Crippen LogP contribution in [0, 0.1) is 0 Å². The molecule has 1 fully saturated rings. The Morgan fingerprint density at radius 1 is 1.36 bits per heavy atom. The van der Waals surface area contributed by atoms with Crippen LogP contribution in [0.1, 0.15) is 19.3 Å². The SMILES string of the molecule is c1cc(NC2CCC2)c2cn[nH]c2c1. The summed E-state index contributed by atoms with van der Waals surface area (Å²) < 4.78 is 0. The first-order chi connectivity index (χ1) is 6.93. The van der Waals surface area contributed by atoms with Gasteiger partial charge in [-0.25, -0.2) is 0 Å². The quantitative estimate of drug-likeness (QED) is 0.758. The van der Waals surface area contributed by atoms with E-state index in [0.29, 0.717) is 6.04 Å². The van der Waals surface area contributed by atoms with Gasteiger partial charge in [0.2, 0.25) is 0 Å². The molecule has 1 saturated carbocycles. The number of benzene rings is 1. The van der Waals surface area contributed by atoms with Crippen LogP contribution in [0.2, 0.25) is 0 Å². The smallest absolute Gasteiger partial charge is 0.0671 e. The number of hydrogen-bond donors (Lipinski definition) is 2. The van der Waals surface area contributed by atoms with Gasteiger partial charge in [0, 0.05) is 17.1 Å². The molecular weight excluding hydrogens is 174 g/mol. The molecule has 1 heterocycles. The molecule has 2 aromatic rings. The minimum Gasteiger partial charge on any atom is -0.382 e. The Balaban J connectivity index is 1.97. The molecular formula is C11H13N3. The predicted octanol–water partition coefficient (Wildman–Crippen LogP) is 2.53. The van der Waals surface area contributed by atoms with Crippen molar-refractivity contribution in [2.45, 2.75) is 25.3 Å². The van der Waals surface area contributed by atoms with Crippen molar-refractivity contribution in [1.29, 1.82) is 0 Å². The number of hydrogen-bond acceptors (Lipinski definition) is 2. The summed E-state index contributed by atoms with van der Waals surface area (Å²) >= 11 is 0. The van der Waals surface area contributed by atoms with Crippen molar-refractivity contribution in [1.82, 2.24) is 10.2 Å². The van der Waals surface area contributed by atoms with Crippen molar-refractivity contribution >= 4 is 16.6 Å². The Bertz CT molecular complexity index is 442. The second-order valence-electron chi connectivity index (χ2n) is 3.91. The third-order valence-electron chi connectivity index (χ3n) is 2.95. The molecule has 0 saturated heterocycles. The minimum absolute atomic E-state index is 0.676. The molecule has 1 aliphatic rings. The largest absolute Gasteiger partial charge is 0.382 e. The number of H-pyrrole nitrogens is 1. The molecule has 3 nitrogen and oxygen atoms in total. The van der Waals surface area contributed by atoms with Crippen molar-refractivity contribution in [3.8, 4) is 0 Å². The second kappa shape index (κ2) is 3.01. The van der Waals surface area contributed by atoms with Crippen molar-refractivity contribution < 1.29 is 0 Å². The van der Waals surface area contributed by atoms with Crippen LogP contribution >= 0.6 is 0 Å². The van der Waals surface area contributed by atoms with E-state index in [-0.39, 0.29) is 0 Å². The fraction of sp³-hybridized carbons (Fsp3) is 0.364. The highest BCUT2D eigenvalue weighted by atomic mass is 15.1. The maximum absolute atomic E-state index is 4.05. The first-order valence-electron chi connectivity index (χ1n) is 5.12. The van der Waals surface area contributed by atoms with E-state index >= 15 is 0 Å². The van der Waals surface area contributed by atoms with Crippen molar-refractivity contribution in [3.05, 3.63) is 24.4 Å². The predicted molar refractivity (Wildman–Crippen MR) is 57.4 cm³/mol. The minimum atomic E-state index is 0.676. The number of anilines is 1. The van der Waals surface area contributed by atoms with Crippen LogP contribution in [0.4, 0.5) is 5.69 Å². The van der Waals surface area contributed by atoms with E-state index in [2.05, 4.69) is 27.6 Å². The first kappa shape index (κ1) is 7.85. The summed E-state index contributed by atoms with van der Waals surface area (Å²) in [7, 11) is 0. The molecule has 0 spiro atoms. The van der Waals surface area contributed by atoms with Gasteiger partial charge in [-0.15, -0.1) is 0 Å². The van der Waals surface area contributed by atoms with Crippen LogP contribution in [0.5, 0.6) is 0 Å². The zero-order valence-electron chi connectivity index (χ0n) is 7.96. The Morgan fingerprint density at radius 2 is 2.29 bits per heavy atom. The Hall–Kier alpha value is -1.51. The van der Waals surface area contributed by atoms with Gasteiger partial charge in [-0.05, 0) is 31.4 Å². The molecule has 72 valence electrons. The highest BCUT2D eigenvalue weighted by Crippen LogP contribution is 2.27. The summed E-state index contributed by atoms with van der Waals surface area (Å²) in [5.74, 6) is 0. The van der Waals surface area contributed by atoms with Crippen LogP contribution in [-0.2, 0) is 0 Å². The number of fused-ring (bicyclic) bond motifs is 1. The average molecular weight is 187 g/mol. The number of aromatic amines is 1. The zero-order valence-corrected chi connectivity index (χ0v) is 7.96. The first-order valence-corrected chi connectivity index (χ1v) is 5.12. The number of nitrogens with zero attached hydrogens (tertiary/aromatic N) is 1. The van der Waals surface area contributed by atoms with Crippen LogP contribution < -0.4 is 5.32 Å². The van der Waals surface area contributed by atoms with Gasteiger partial charge < -0.3 is 5.32 Å². The van der Waals surface area contributed by atoms with Gasteiger partial charge in [0.05, 0.1) is 11.7 Å². The Morgan fingerprint density at radius 3 is 3.07 bits per heavy atom. The van der Waals surface area contributed by atoms with Crippen LogP contribution in [0.25, 0.3) is 10.9 Å². The second-order valence-corrected chi connectivity index (χ2v) is 3.91. The molecule has 3 rings (SSSR count). The van der Waals surface area contributed by atoms with Gasteiger partial charge in [-0.2, -0.15) is 5.10 Å². The van der Waals surface area contributed by atoms with Crippen molar-refractivity contribution in [3.63, 3.8) is 0 Å². The highest BCUT2D eigenvalue weighted by Gasteiger charge is 2.17. The van der Waals surface area contributed by atoms with E-state index in [0.717, 1.165) is 5.52 Å². The molecule has 1 aliphatic carbocycles. The average Bonchev–Trinajstić information content (AvgIpc) is 2.59. The molecule has 3 heteroatoms. The lowest BCUT2D eigenvalue weighted by atomic mass is 9.93. The summed E-state index contributed by atoms with van der Waals surface area (Å²) in [6, 6.07) is 6.90. The molecule has 0 radical (unpaired) electrons. The molecule has 0 unspecified atom stereocenters. The lowest BCUT2D eigenvalue weighted by molar-refractivity contribution is 0.446. The molecule has 1 aromatic carbocycles. The lowest BCUT2D eigenvalue weighted by Gasteiger charge is -2.27. The summed E-state index contributed by atoms with van der Waals surface area (Å²) in [5.41, 5.74) is 2.32. The Labute approximate surface area is 82.5 Å². The van der Waals surface area contributed by atoms with E-state index < -0.39 is 0 Å². The molecule has 0 amide bonds. The van der Waals surface area contributed by atoms with Gasteiger partial charge in [0.15, 0.2) is 0 Å². The zero-order chi connectivity index (χ0) is 9.38. The van der Waals surface area contributed by atoms with Gasteiger partial charge in [-0.3, -0.25) is 5.10 Å². The maximum Gasteiger partial charge on any atom is 0.0671 e. The molecule has 0 atom stereocenters. The number of rotatable bonds is 2. The molecule has 0 aliphatic heterocycles. The standard InChI is InChI=1S/C11H13N3/c1-3-8(4-1)13-10-5-2-6-11-9(10)7-12-14-11/h2,5-8,13H,1,3-4H2,(H,12,14). The topological polar surface area (TPSA) is 40.7 Å². The summed E-state index contributed by atoms with van der Waals surface area (Å²) in [4.78, 5) is 0. The molecule has 14 heavy (non-hydrogen) atoms. The summed E-state index contributed by atoms with van der Waals surface area (Å²) in [5, 5.41) is 11.8. The van der Waals surface area contributed by atoms with E-state index in [1.54, 1.807) is 0 Å². The van der Waals surface area contributed by atoms with E-state index in [1.807, 2.05) is 12.3 Å². The fourth-order valence-corrected chi connectivity index (χ4v) is 1.87. The van der Waals surface area contributed by atoms with E-state index in [9.17, 15) is 0 Å². The van der Waals surface area contributed by atoms with Crippen LogP contribution in [-0.4, -0.2) is 16.2 Å². The van der Waals surface area contributed by atoms with Crippen LogP contribution in [0.15, 0.2) is 24.4 Å². The molecule has 1 aromatic heterocycles. The Kier molecular flexibility index (Phi) is 1.69. The summed E-state index contributed by atoms with van der Waals surface area (Å²) in [6.07, 6.45) is 5.85. The lowest BCUT2D eigenvalue weighted by Crippen LogP contribution is -2.26. The number of nitrogens with one attached hydrogen (secondary N) is 2. The van der Waals surface area contributed by atoms with Crippen LogP contribution in [0.3, 0.4) is 0 Å². The number of aromatic nitrogens is 2. The molecule has 0 bridgehead atoms. The van der Waals surface area contributed by atoms with Gasteiger partial charge in [0.1, 0.15) is 0 Å².